The molecule has 39 heavy (non-hydrogen) atoms. The monoisotopic (exact) mass is 584 g/mol. The van der Waals surface area contributed by atoms with E-state index < -0.39 is 11.9 Å². The summed E-state index contributed by atoms with van der Waals surface area (Å²) in [7, 11) is 0. The Bertz CT molecular complexity index is 1400. The minimum atomic E-state index is -0.531. The summed E-state index contributed by atoms with van der Waals surface area (Å²) in [5.41, 5.74) is 2.41. The highest BCUT2D eigenvalue weighted by molar-refractivity contribution is 7.80. The predicted octanol–water partition coefficient (Wildman–Crippen LogP) is 5.26. The van der Waals surface area contributed by atoms with Gasteiger partial charge in [-0.25, -0.2) is 4.79 Å². The first-order valence-electron chi connectivity index (χ1n) is 12.2. The number of ether oxygens (including phenoxy) is 1. The Kier molecular flexibility index (Phi) is 9.40. The van der Waals surface area contributed by atoms with Gasteiger partial charge in [-0.3, -0.25) is 14.9 Å². The number of amides is 2. The number of hydrogen-bond acceptors (Lipinski definition) is 6. The lowest BCUT2D eigenvalue weighted by atomic mass is 10.1. The average molecular weight is 586 g/mol. The molecule has 3 aromatic carbocycles. The molecule has 1 heterocycles. The largest absolute Gasteiger partial charge is 0.462 e. The van der Waals surface area contributed by atoms with Gasteiger partial charge < -0.3 is 19.9 Å². The molecular formula is C28H26Cl2N4O4S. The maximum absolute atomic E-state index is 12.9. The van der Waals surface area contributed by atoms with E-state index in [1.165, 1.54) is 12.1 Å². The zero-order valence-corrected chi connectivity index (χ0v) is 23.4. The molecule has 0 atom stereocenters. The van der Waals surface area contributed by atoms with E-state index >= 15 is 0 Å². The molecule has 1 saturated heterocycles. The zero-order valence-electron chi connectivity index (χ0n) is 21.1. The molecule has 0 saturated carbocycles. The molecule has 3 aromatic rings. The van der Waals surface area contributed by atoms with E-state index in [9.17, 15) is 14.4 Å². The van der Waals surface area contributed by atoms with Gasteiger partial charge in [-0.05, 0) is 67.7 Å². The standard InChI is InChI=1S/C28H26Cl2N4O4S/c1-2-38-27(37)19-8-11-24(33-12-14-34(15-13-33)26(36)18-6-4-3-5-7-18)23(16-19)31-28(39)32-25(35)21-17-20(29)9-10-22(21)30/h3-11,16-17H,2,12-15H2,1H3,(H2,31,32,35,39). The highest BCUT2D eigenvalue weighted by atomic mass is 35.5. The fourth-order valence-corrected chi connectivity index (χ4v) is 4.74. The Morgan fingerprint density at radius 1 is 0.923 bits per heavy atom. The first-order valence-corrected chi connectivity index (χ1v) is 13.4. The van der Waals surface area contributed by atoms with Crippen LogP contribution in [0.4, 0.5) is 11.4 Å². The minimum absolute atomic E-state index is 0.0104. The van der Waals surface area contributed by atoms with Gasteiger partial charge in [0.05, 0.1) is 34.1 Å². The Morgan fingerprint density at radius 3 is 2.33 bits per heavy atom. The van der Waals surface area contributed by atoms with Crippen LogP contribution < -0.4 is 15.5 Å². The van der Waals surface area contributed by atoms with E-state index in [1.54, 1.807) is 43.3 Å². The van der Waals surface area contributed by atoms with E-state index in [1.807, 2.05) is 23.1 Å². The van der Waals surface area contributed by atoms with Gasteiger partial charge in [0.2, 0.25) is 0 Å². The molecule has 11 heteroatoms. The summed E-state index contributed by atoms with van der Waals surface area (Å²) < 4.78 is 5.15. The highest BCUT2D eigenvalue weighted by Gasteiger charge is 2.25. The van der Waals surface area contributed by atoms with Gasteiger partial charge >= 0.3 is 5.97 Å². The topological polar surface area (TPSA) is 91.0 Å². The second-order valence-electron chi connectivity index (χ2n) is 8.63. The molecule has 0 bridgehead atoms. The van der Waals surface area contributed by atoms with Crippen molar-refractivity contribution in [3.8, 4) is 0 Å². The summed E-state index contributed by atoms with van der Waals surface area (Å²) in [6, 6.07) is 18.8. The number of esters is 1. The highest BCUT2D eigenvalue weighted by Crippen LogP contribution is 2.29. The van der Waals surface area contributed by atoms with Crippen molar-refractivity contribution in [2.24, 2.45) is 0 Å². The van der Waals surface area contributed by atoms with Crippen molar-refractivity contribution in [1.82, 2.24) is 10.2 Å². The quantitative estimate of drug-likeness (QED) is 0.301. The number of piperazine rings is 1. The maximum atomic E-state index is 12.9. The molecule has 0 radical (unpaired) electrons. The third-order valence-electron chi connectivity index (χ3n) is 6.08. The second kappa shape index (κ2) is 12.9. The van der Waals surface area contributed by atoms with Crippen LogP contribution in [0.25, 0.3) is 0 Å². The Balaban J connectivity index is 1.51. The molecule has 1 aliphatic heterocycles. The molecular weight excluding hydrogens is 559 g/mol. The number of nitrogens with one attached hydrogen (secondary N) is 2. The molecule has 0 aromatic heterocycles. The number of benzene rings is 3. The minimum Gasteiger partial charge on any atom is -0.462 e. The fourth-order valence-electron chi connectivity index (χ4n) is 4.16. The van der Waals surface area contributed by atoms with Crippen LogP contribution in [-0.2, 0) is 4.74 Å². The van der Waals surface area contributed by atoms with Gasteiger partial charge in [0, 0.05) is 36.8 Å². The Hall–Kier alpha value is -3.66. The van der Waals surface area contributed by atoms with Crippen molar-refractivity contribution in [2.45, 2.75) is 6.92 Å². The molecule has 202 valence electrons. The van der Waals surface area contributed by atoms with Crippen molar-refractivity contribution in [3.05, 3.63) is 93.5 Å². The molecule has 1 aliphatic rings. The summed E-state index contributed by atoms with van der Waals surface area (Å²) in [5, 5.41) is 6.24. The third kappa shape index (κ3) is 7.06. The van der Waals surface area contributed by atoms with Crippen LogP contribution in [0.2, 0.25) is 10.0 Å². The molecule has 0 aliphatic carbocycles. The van der Waals surface area contributed by atoms with Crippen LogP contribution >= 0.6 is 35.4 Å². The Labute approximate surface area is 241 Å². The van der Waals surface area contributed by atoms with Crippen LogP contribution in [0.3, 0.4) is 0 Å². The number of rotatable bonds is 6. The number of thiocarbonyl (C=S) groups is 1. The van der Waals surface area contributed by atoms with Crippen molar-refractivity contribution < 1.29 is 19.1 Å². The van der Waals surface area contributed by atoms with Crippen LogP contribution in [0, 0.1) is 0 Å². The van der Waals surface area contributed by atoms with Crippen molar-refractivity contribution in [1.29, 1.82) is 0 Å². The number of halogens is 2. The molecule has 4 rings (SSSR count). The molecule has 0 unspecified atom stereocenters. The lowest BCUT2D eigenvalue weighted by Crippen LogP contribution is -2.49. The van der Waals surface area contributed by atoms with Crippen LogP contribution in [-0.4, -0.2) is 60.6 Å². The fraction of sp³-hybridized carbons (Fsp3) is 0.214. The summed E-state index contributed by atoms with van der Waals surface area (Å²) in [4.78, 5) is 42.0. The SMILES string of the molecule is CCOC(=O)c1ccc(N2CCN(C(=O)c3ccccc3)CC2)c(NC(=S)NC(=O)c2cc(Cl)ccc2Cl)c1. The predicted molar refractivity (Wildman–Crippen MR) is 157 cm³/mol. The first kappa shape index (κ1) is 28.4. The van der Waals surface area contributed by atoms with Gasteiger partial charge in [0.25, 0.3) is 11.8 Å². The summed E-state index contributed by atoms with van der Waals surface area (Å²) in [6.07, 6.45) is 0. The number of hydrogen-bond donors (Lipinski definition) is 2. The van der Waals surface area contributed by atoms with Gasteiger partial charge in [0.15, 0.2) is 5.11 Å². The van der Waals surface area contributed by atoms with Gasteiger partial charge in [-0.15, -0.1) is 0 Å². The number of carbonyl (C=O) groups is 3. The normalized spacial score (nSPS) is 13.0. The summed E-state index contributed by atoms with van der Waals surface area (Å²) in [5.74, 6) is -1.03. The van der Waals surface area contributed by atoms with Gasteiger partial charge in [-0.2, -0.15) is 0 Å². The van der Waals surface area contributed by atoms with E-state index in [-0.39, 0.29) is 28.2 Å². The molecule has 2 N–H and O–H groups in total. The first-order chi connectivity index (χ1) is 18.8. The lowest BCUT2D eigenvalue weighted by Gasteiger charge is -2.37. The summed E-state index contributed by atoms with van der Waals surface area (Å²) >= 11 is 17.6. The molecule has 8 nitrogen and oxygen atoms in total. The number of nitrogens with zero attached hydrogens (tertiary/aromatic N) is 2. The van der Waals surface area contributed by atoms with Gasteiger partial charge in [0.1, 0.15) is 0 Å². The van der Waals surface area contributed by atoms with Crippen LogP contribution in [0.5, 0.6) is 0 Å². The van der Waals surface area contributed by atoms with E-state index in [2.05, 4.69) is 15.5 Å². The lowest BCUT2D eigenvalue weighted by molar-refractivity contribution is 0.0526. The molecule has 2 amide bonds. The van der Waals surface area contributed by atoms with E-state index in [0.717, 1.165) is 5.69 Å². The van der Waals surface area contributed by atoms with Crippen molar-refractivity contribution >= 4 is 69.7 Å². The van der Waals surface area contributed by atoms with Crippen LogP contribution in [0.15, 0.2) is 66.7 Å². The second-order valence-corrected chi connectivity index (χ2v) is 9.88. The van der Waals surface area contributed by atoms with Crippen molar-refractivity contribution in [2.75, 3.05) is 43.0 Å². The van der Waals surface area contributed by atoms with Gasteiger partial charge in [-0.1, -0.05) is 41.4 Å². The van der Waals surface area contributed by atoms with E-state index in [0.29, 0.717) is 48.0 Å². The Morgan fingerprint density at radius 2 is 1.64 bits per heavy atom. The van der Waals surface area contributed by atoms with Crippen molar-refractivity contribution in [3.63, 3.8) is 0 Å². The number of carbonyl (C=O) groups excluding carboxylic acids is 3. The van der Waals surface area contributed by atoms with E-state index in [4.69, 9.17) is 40.2 Å². The third-order valence-corrected chi connectivity index (χ3v) is 6.85. The molecule has 1 fully saturated rings. The summed E-state index contributed by atoms with van der Waals surface area (Å²) in [6.45, 7) is 4.11. The molecule has 0 spiro atoms. The number of anilines is 2. The zero-order chi connectivity index (χ0) is 27.9. The van der Waals surface area contributed by atoms with Crippen LogP contribution in [0.1, 0.15) is 38.0 Å². The smallest absolute Gasteiger partial charge is 0.338 e. The average Bonchev–Trinajstić information content (AvgIpc) is 2.94. The maximum Gasteiger partial charge on any atom is 0.338 e.